The first kappa shape index (κ1) is 12.6. The molecule has 0 saturated carbocycles. The molecular formula is C16H15NO4. The number of fused-ring (bicyclic) bond motifs is 1. The number of carboxylic acid groups (broad SMARTS) is 1. The summed E-state index contributed by atoms with van der Waals surface area (Å²) in [7, 11) is 0. The average Bonchev–Trinajstić information content (AvgIpc) is 3.07. The summed E-state index contributed by atoms with van der Waals surface area (Å²) in [5.41, 5.74) is 1.09. The number of nitrogens with zero attached hydrogens (tertiary/aromatic N) is 1. The number of carboxylic acids is 1. The van der Waals surface area contributed by atoms with Crippen molar-refractivity contribution in [3.05, 3.63) is 42.0 Å². The van der Waals surface area contributed by atoms with Crippen LogP contribution in [0.1, 0.15) is 5.56 Å². The van der Waals surface area contributed by atoms with Gasteiger partial charge in [0.15, 0.2) is 0 Å². The van der Waals surface area contributed by atoms with Gasteiger partial charge in [-0.1, -0.05) is 24.3 Å². The van der Waals surface area contributed by atoms with E-state index in [0.717, 1.165) is 11.3 Å². The van der Waals surface area contributed by atoms with Gasteiger partial charge in [0.2, 0.25) is 5.91 Å². The number of amides is 1. The highest BCUT2D eigenvalue weighted by Crippen LogP contribution is 2.52. The maximum atomic E-state index is 12.7. The smallest absolute Gasteiger partial charge is 0.310 e. The Labute approximate surface area is 121 Å². The van der Waals surface area contributed by atoms with Gasteiger partial charge in [0.05, 0.1) is 18.6 Å². The molecule has 4 rings (SSSR count). The van der Waals surface area contributed by atoms with Crippen molar-refractivity contribution in [1.82, 2.24) is 0 Å². The Morgan fingerprint density at radius 1 is 1.48 bits per heavy atom. The number of hydrogen-bond acceptors (Lipinski definition) is 3. The Balaban J connectivity index is 1.75. The molecule has 3 heterocycles. The number of benzene rings is 1. The Bertz CT molecular complexity index is 683. The normalized spacial score (nSPS) is 36.3. The van der Waals surface area contributed by atoms with Crippen LogP contribution in [0.4, 0.5) is 5.69 Å². The van der Waals surface area contributed by atoms with E-state index in [1.165, 1.54) is 0 Å². The fourth-order valence-corrected chi connectivity index (χ4v) is 3.79. The zero-order valence-electron chi connectivity index (χ0n) is 11.5. The molecule has 3 aliphatic rings. The molecule has 4 atom stereocenters. The van der Waals surface area contributed by atoms with Crippen molar-refractivity contribution < 1.29 is 19.4 Å². The van der Waals surface area contributed by atoms with Gasteiger partial charge in [0, 0.05) is 5.69 Å². The summed E-state index contributed by atoms with van der Waals surface area (Å²) in [6, 6.07) is 7.66. The molecule has 1 spiro atoms. The summed E-state index contributed by atoms with van der Waals surface area (Å²) in [5, 5.41) is 9.41. The lowest BCUT2D eigenvalue weighted by atomic mass is 9.77. The van der Waals surface area contributed by atoms with Crippen molar-refractivity contribution in [2.75, 3.05) is 11.4 Å². The van der Waals surface area contributed by atoms with Crippen LogP contribution in [0.3, 0.4) is 0 Å². The number of aryl methyl sites for hydroxylation is 1. The number of aliphatic carboxylic acids is 1. The summed E-state index contributed by atoms with van der Waals surface area (Å²) in [4.78, 5) is 25.9. The summed E-state index contributed by atoms with van der Waals surface area (Å²) in [6.07, 6.45) is 3.17. The molecule has 0 radical (unpaired) electrons. The van der Waals surface area contributed by atoms with E-state index in [2.05, 4.69) is 0 Å². The van der Waals surface area contributed by atoms with Crippen molar-refractivity contribution in [3.8, 4) is 0 Å². The SMILES string of the molecule is Cc1cccc(N2C[C@@]34C=C[C@H](O3)[C@H](C(=O)O)[C@H]4C2=O)c1. The number of ether oxygens (including phenoxy) is 1. The monoisotopic (exact) mass is 285 g/mol. The van der Waals surface area contributed by atoms with Crippen LogP contribution in [0.5, 0.6) is 0 Å². The molecule has 108 valence electrons. The molecule has 2 bridgehead atoms. The maximum Gasteiger partial charge on any atom is 0.310 e. The first-order valence-corrected chi connectivity index (χ1v) is 7.00. The molecule has 21 heavy (non-hydrogen) atoms. The van der Waals surface area contributed by atoms with E-state index in [1.807, 2.05) is 37.3 Å². The third kappa shape index (κ3) is 1.55. The summed E-state index contributed by atoms with van der Waals surface area (Å²) < 4.78 is 5.86. The van der Waals surface area contributed by atoms with Gasteiger partial charge in [-0.05, 0) is 24.6 Å². The minimum atomic E-state index is -0.962. The number of carbonyl (C=O) groups is 2. The summed E-state index contributed by atoms with van der Waals surface area (Å²) >= 11 is 0. The predicted molar refractivity (Wildman–Crippen MR) is 74.9 cm³/mol. The molecule has 1 aromatic carbocycles. The van der Waals surface area contributed by atoms with E-state index in [9.17, 15) is 14.7 Å². The van der Waals surface area contributed by atoms with Gasteiger partial charge < -0.3 is 14.7 Å². The summed E-state index contributed by atoms with van der Waals surface area (Å²) in [6.45, 7) is 2.35. The first-order valence-electron chi connectivity index (χ1n) is 7.00. The van der Waals surface area contributed by atoms with Crippen molar-refractivity contribution >= 4 is 17.6 Å². The lowest BCUT2D eigenvalue weighted by Gasteiger charge is -2.21. The van der Waals surface area contributed by atoms with Gasteiger partial charge >= 0.3 is 5.97 Å². The van der Waals surface area contributed by atoms with Crippen LogP contribution in [0, 0.1) is 18.8 Å². The Morgan fingerprint density at radius 2 is 2.29 bits per heavy atom. The van der Waals surface area contributed by atoms with E-state index >= 15 is 0 Å². The van der Waals surface area contributed by atoms with Gasteiger partial charge in [0.1, 0.15) is 11.5 Å². The molecule has 1 N–H and O–H groups in total. The van der Waals surface area contributed by atoms with Crippen LogP contribution >= 0.6 is 0 Å². The van der Waals surface area contributed by atoms with Crippen LogP contribution < -0.4 is 4.90 Å². The quantitative estimate of drug-likeness (QED) is 0.833. The second-order valence-corrected chi connectivity index (χ2v) is 6.00. The fourth-order valence-electron chi connectivity index (χ4n) is 3.79. The maximum absolute atomic E-state index is 12.7. The van der Waals surface area contributed by atoms with Crippen LogP contribution in [-0.2, 0) is 14.3 Å². The highest BCUT2D eigenvalue weighted by molar-refractivity contribution is 6.02. The van der Waals surface area contributed by atoms with Crippen LogP contribution in [0.2, 0.25) is 0 Å². The molecule has 0 unspecified atom stereocenters. The Morgan fingerprint density at radius 3 is 3.00 bits per heavy atom. The molecule has 2 fully saturated rings. The van der Waals surface area contributed by atoms with Crippen molar-refractivity contribution in [2.45, 2.75) is 18.6 Å². The van der Waals surface area contributed by atoms with Crippen LogP contribution in [0.15, 0.2) is 36.4 Å². The molecule has 1 aromatic rings. The lowest BCUT2D eigenvalue weighted by Crippen LogP contribution is -2.39. The number of anilines is 1. The zero-order chi connectivity index (χ0) is 14.8. The van der Waals surface area contributed by atoms with Gasteiger partial charge in [-0.2, -0.15) is 0 Å². The standard InChI is InChI=1S/C16H15NO4/c1-9-3-2-4-10(7-9)17-8-16-6-5-11(21-16)12(15(19)20)13(16)14(17)18/h2-7,11-13H,8H2,1H3,(H,19,20)/t11-,12-,13-,16+/m0/s1. The third-order valence-electron chi connectivity index (χ3n) is 4.70. The number of carbonyl (C=O) groups excluding carboxylic acids is 1. The Hall–Kier alpha value is -2.14. The van der Waals surface area contributed by atoms with E-state index in [1.54, 1.807) is 11.0 Å². The third-order valence-corrected chi connectivity index (χ3v) is 4.70. The van der Waals surface area contributed by atoms with Gasteiger partial charge in [0.25, 0.3) is 0 Å². The number of rotatable bonds is 2. The highest BCUT2D eigenvalue weighted by Gasteiger charge is 2.67. The number of hydrogen-bond donors (Lipinski definition) is 1. The van der Waals surface area contributed by atoms with Gasteiger partial charge in [-0.3, -0.25) is 9.59 Å². The van der Waals surface area contributed by atoms with Crippen molar-refractivity contribution in [3.63, 3.8) is 0 Å². The molecule has 0 aliphatic carbocycles. The summed E-state index contributed by atoms with van der Waals surface area (Å²) in [5.74, 6) is -2.52. The Kier molecular flexibility index (Phi) is 2.37. The molecular weight excluding hydrogens is 270 g/mol. The molecule has 0 aromatic heterocycles. The van der Waals surface area contributed by atoms with Gasteiger partial charge in [-0.25, -0.2) is 0 Å². The molecule has 5 heteroatoms. The largest absolute Gasteiger partial charge is 0.481 e. The second-order valence-electron chi connectivity index (χ2n) is 6.00. The van der Waals surface area contributed by atoms with Crippen molar-refractivity contribution in [2.24, 2.45) is 11.8 Å². The topological polar surface area (TPSA) is 66.8 Å². The first-order chi connectivity index (χ1) is 10.0. The highest BCUT2D eigenvalue weighted by atomic mass is 16.5. The molecule has 1 amide bonds. The average molecular weight is 285 g/mol. The molecule has 5 nitrogen and oxygen atoms in total. The van der Waals surface area contributed by atoms with E-state index in [4.69, 9.17) is 4.74 Å². The minimum absolute atomic E-state index is 0.153. The van der Waals surface area contributed by atoms with Crippen LogP contribution in [0.25, 0.3) is 0 Å². The van der Waals surface area contributed by atoms with Crippen molar-refractivity contribution in [1.29, 1.82) is 0 Å². The molecule has 2 saturated heterocycles. The lowest BCUT2D eigenvalue weighted by molar-refractivity contribution is -0.146. The zero-order valence-corrected chi connectivity index (χ0v) is 11.5. The minimum Gasteiger partial charge on any atom is -0.481 e. The molecule has 3 aliphatic heterocycles. The van der Waals surface area contributed by atoms with Crippen LogP contribution in [-0.4, -0.2) is 35.2 Å². The fraction of sp³-hybridized carbons (Fsp3) is 0.375. The van der Waals surface area contributed by atoms with E-state index < -0.39 is 29.5 Å². The predicted octanol–water partition coefficient (Wildman–Crippen LogP) is 1.37. The second kappa shape index (κ2) is 3.95. The van der Waals surface area contributed by atoms with E-state index in [0.29, 0.717) is 6.54 Å². The van der Waals surface area contributed by atoms with E-state index in [-0.39, 0.29) is 5.91 Å². The van der Waals surface area contributed by atoms with Gasteiger partial charge in [-0.15, -0.1) is 0 Å².